The second-order valence-electron chi connectivity index (χ2n) is 12.7. The van der Waals surface area contributed by atoms with Gasteiger partial charge in [0, 0.05) is 19.3 Å². The molecule has 266 valence electrons. The van der Waals surface area contributed by atoms with E-state index in [2.05, 4.69) is 13.8 Å². The highest BCUT2D eigenvalue weighted by atomic mass is 19.1. The third kappa shape index (κ3) is 11.8. The molecular formula is C33H51FN2O11. The Bertz CT molecular complexity index is 1310. The van der Waals surface area contributed by atoms with Crippen LogP contribution < -0.4 is 11.2 Å². The monoisotopic (exact) mass is 670 g/mol. The number of carboxylic acid groups (broad SMARTS) is 2. The Hall–Kier alpha value is -3.23. The number of unbranched alkanes of at least 4 members (excludes halogenated alkanes) is 10. The van der Waals surface area contributed by atoms with E-state index in [0.717, 1.165) is 64.2 Å². The van der Waals surface area contributed by atoms with E-state index >= 15 is 0 Å². The predicted molar refractivity (Wildman–Crippen MR) is 168 cm³/mol. The molecule has 1 aliphatic heterocycles. The van der Waals surface area contributed by atoms with E-state index in [0.29, 0.717) is 23.6 Å². The summed E-state index contributed by atoms with van der Waals surface area (Å²) in [4.78, 5) is 76.6. The summed E-state index contributed by atoms with van der Waals surface area (Å²) in [5.74, 6) is -8.40. The van der Waals surface area contributed by atoms with Gasteiger partial charge in [-0.2, -0.15) is 4.39 Å². The van der Waals surface area contributed by atoms with Crippen LogP contribution in [-0.2, 0) is 23.9 Å². The second-order valence-corrected chi connectivity index (χ2v) is 12.7. The normalized spacial score (nSPS) is 21.3. The summed E-state index contributed by atoms with van der Waals surface area (Å²) < 4.78 is 20.3. The number of aromatic nitrogens is 2. The average Bonchev–Trinajstić information content (AvgIpc) is 3.38. The van der Waals surface area contributed by atoms with Crippen molar-refractivity contribution in [1.82, 2.24) is 9.55 Å². The number of aromatic amines is 1. The number of nitrogens with one attached hydrogen (secondary N) is 1. The number of ketones is 2. The van der Waals surface area contributed by atoms with Gasteiger partial charge in [0.25, 0.3) is 5.56 Å². The molecule has 1 aromatic rings. The summed E-state index contributed by atoms with van der Waals surface area (Å²) in [6.07, 6.45) is 3.28. The lowest BCUT2D eigenvalue weighted by atomic mass is 9.80. The van der Waals surface area contributed by atoms with Crippen LogP contribution in [0.3, 0.4) is 0 Å². The van der Waals surface area contributed by atoms with Gasteiger partial charge in [-0.3, -0.25) is 33.5 Å². The first-order chi connectivity index (χ1) is 22.3. The molecule has 0 aliphatic carbocycles. The number of aliphatic carboxylic acids is 2. The van der Waals surface area contributed by atoms with Gasteiger partial charge in [0.2, 0.25) is 5.82 Å². The summed E-state index contributed by atoms with van der Waals surface area (Å²) >= 11 is 0. The number of hydrogen-bond donors (Lipinski definition) is 5. The first-order valence-corrected chi connectivity index (χ1v) is 16.8. The molecule has 3 unspecified atom stereocenters. The van der Waals surface area contributed by atoms with E-state index in [9.17, 15) is 53.6 Å². The number of carbonyl (C=O) groups is 4. The smallest absolute Gasteiger partial charge is 0.330 e. The highest BCUT2D eigenvalue weighted by Crippen LogP contribution is 2.40. The molecule has 47 heavy (non-hydrogen) atoms. The van der Waals surface area contributed by atoms with Crippen molar-refractivity contribution in [3.05, 3.63) is 32.9 Å². The van der Waals surface area contributed by atoms with E-state index in [4.69, 9.17) is 4.74 Å². The van der Waals surface area contributed by atoms with Crippen molar-refractivity contribution in [3.63, 3.8) is 0 Å². The van der Waals surface area contributed by atoms with Gasteiger partial charge < -0.3 is 25.2 Å². The molecule has 1 aromatic heterocycles. The molecule has 1 aliphatic rings. The summed E-state index contributed by atoms with van der Waals surface area (Å²) in [6, 6.07) is 0. The van der Waals surface area contributed by atoms with Crippen molar-refractivity contribution in [2.24, 2.45) is 11.8 Å². The lowest BCUT2D eigenvalue weighted by Gasteiger charge is -2.30. The van der Waals surface area contributed by atoms with Crippen LogP contribution in [0.5, 0.6) is 0 Å². The van der Waals surface area contributed by atoms with Crippen LogP contribution in [0.4, 0.5) is 4.39 Å². The van der Waals surface area contributed by atoms with Gasteiger partial charge in [-0.25, -0.2) is 4.79 Å². The fourth-order valence-electron chi connectivity index (χ4n) is 6.06. The molecule has 0 saturated carbocycles. The third-order valence-electron chi connectivity index (χ3n) is 8.98. The zero-order valence-electron chi connectivity index (χ0n) is 27.5. The predicted octanol–water partition coefficient (Wildman–Crippen LogP) is 3.88. The van der Waals surface area contributed by atoms with Crippen LogP contribution in [0.2, 0.25) is 0 Å². The van der Waals surface area contributed by atoms with Gasteiger partial charge in [-0.05, 0) is 12.8 Å². The highest BCUT2D eigenvalue weighted by Gasteiger charge is 2.57. The number of Topliss-reactive ketones (excluding diaryl/α,β-unsaturated/α-hetero) is 2. The lowest BCUT2D eigenvalue weighted by molar-refractivity contribution is -0.164. The Labute approximate surface area is 273 Å². The largest absolute Gasteiger partial charge is 0.481 e. The van der Waals surface area contributed by atoms with Gasteiger partial charge in [0.15, 0.2) is 17.2 Å². The molecule has 6 atom stereocenters. The minimum atomic E-state index is -2.71. The molecule has 0 bridgehead atoms. The zero-order valence-corrected chi connectivity index (χ0v) is 27.5. The van der Waals surface area contributed by atoms with Crippen LogP contribution in [0.25, 0.3) is 0 Å². The molecule has 0 amide bonds. The fraction of sp³-hybridized carbons (Fsp3) is 0.758. The van der Waals surface area contributed by atoms with Gasteiger partial charge in [-0.1, -0.05) is 90.9 Å². The average molecular weight is 671 g/mol. The maximum Gasteiger partial charge on any atom is 0.330 e. The lowest BCUT2D eigenvalue weighted by Crippen LogP contribution is -2.54. The van der Waals surface area contributed by atoms with Gasteiger partial charge in [0.05, 0.1) is 18.0 Å². The first-order valence-electron chi connectivity index (χ1n) is 16.8. The van der Waals surface area contributed by atoms with Crippen LogP contribution in [0.15, 0.2) is 15.8 Å². The first kappa shape index (κ1) is 39.9. The van der Waals surface area contributed by atoms with Crippen molar-refractivity contribution in [3.8, 4) is 0 Å². The number of hydrogen-bond acceptors (Lipinski definition) is 9. The number of halogens is 1. The molecule has 13 nitrogen and oxygen atoms in total. The van der Waals surface area contributed by atoms with Crippen LogP contribution in [0.1, 0.15) is 129 Å². The Morgan fingerprint density at radius 2 is 1.38 bits per heavy atom. The van der Waals surface area contributed by atoms with E-state index in [-0.39, 0.29) is 12.8 Å². The summed E-state index contributed by atoms with van der Waals surface area (Å²) in [5.41, 5.74) is -5.20. The molecular weight excluding hydrogens is 619 g/mol. The van der Waals surface area contributed by atoms with E-state index < -0.39 is 95.7 Å². The minimum Gasteiger partial charge on any atom is -0.481 e. The number of ether oxygens (including phenoxy) is 1. The van der Waals surface area contributed by atoms with Crippen molar-refractivity contribution >= 4 is 23.5 Å². The zero-order chi connectivity index (χ0) is 35.1. The van der Waals surface area contributed by atoms with Gasteiger partial charge >= 0.3 is 17.6 Å². The van der Waals surface area contributed by atoms with Gasteiger partial charge in [0.1, 0.15) is 18.4 Å². The maximum atomic E-state index is 14.1. The Balaban J connectivity index is 2.29. The molecule has 0 spiro atoms. The molecule has 5 N–H and O–H groups in total. The molecule has 1 saturated heterocycles. The summed E-state index contributed by atoms with van der Waals surface area (Å²) in [6.45, 7) is 4.14. The maximum absolute atomic E-state index is 14.1. The van der Waals surface area contributed by atoms with Crippen molar-refractivity contribution in [2.75, 3.05) is 0 Å². The van der Waals surface area contributed by atoms with Crippen LogP contribution in [0, 0.1) is 17.7 Å². The number of aliphatic hydroxyl groups excluding tert-OH is 1. The van der Waals surface area contributed by atoms with E-state index in [1.165, 1.54) is 0 Å². The second kappa shape index (κ2) is 19.6. The quantitative estimate of drug-likeness (QED) is 0.0996. The number of carbonyl (C=O) groups excluding carboxylic acids is 2. The van der Waals surface area contributed by atoms with Crippen molar-refractivity contribution in [1.29, 1.82) is 0 Å². The molecule has 2 heterocycles. The molecule has 0 radical (unpaired) electrons. The minimum absolute atomic E-state index is 0.128. The topological polar surface area (TPSA) is 213 Å². The number of nitrogens with zero attached hydrogens (tertiary/aromatic N) is 1. The number of H-pyrrole nitrogens is 1. The Morgan fingerprint density at radius 1 is 0.894 bits per heavy atom. The highest BCUT2D eigenvalue weighted by molar-refractivity contribution is 5.93. The standard InChI is InChI=1S/C33H51FN2O11/c1-3-5-7-9-11-13-15-21(30(41)42)17-24(37)27(39)28-33(46,19-26(47-28)36-20-23(34)29(40)35-32(36)45)25(38)18-22(31(43)44)16-14-12-10-8-6-4-2/h20-22,26-28,39,46H,3-19H2,1-2H3,(H,41,42)(H,43,44)(H,35,40,45)/t21?,22?,26-,27?,28-,33-/m1/s1. The fourth-order valence-corrected chi connectivity index (χ4v) is 6.06. The summed E-state index contributed by atoms with van der Waals surface area (Å²) in [7, 11) is 0. The SMILES string of the molecule is CCCCCCCCC(CC(=O)C(O)[C@H]1O[C@@H](n2cc(F)c(=O)[nH]c2=O)C[C@@]1(O)C(=O)CC(CCCCCCCC)C(=O)O)C(=O)O. The number of carboxylic acids is 2. The van der Waals surface area contributed by atoms with E-state index in [1.54, 1.807) is 4.98 Å². The van der Waals surface area contributed by atoms with E-state index in [1.807, 2.05) is 0 Å². The van der Waals surface area contributed by atoms with Crippen LogP contribution >= 0.6 is 0 Å². The van der Waals surface area contributed by atoms with Gasteiger partial charge in [-0.15, -0.1) is 0 Å². The number of rotatable bonds is 24. The Kier molecular flexibility index (Phi) is 16.6. The molecule has 2 rings (SSSR count). The molecule has 14 heteroatoms. The van der Waals surface area contributed by atoms with Crippen molar-refractivity contribution < 1.29 is 48.7 Å². The third-order valence-corrected chi connectivity index (χ3v) is 8.98. The molecule has 1 fully saturated rings. The van der Waals surface area contributed by atoms with Crippen molar-refractivity contribution in [2.45, 2.75) is 147 Å². The van der Waals surface area contributed by atoms with Crippen LogP contribution in [-0.4, -0.2) is 71.3 Å². The number of aliphatic hydroxyl groups is 2. The Morgan fingerprint density at radius 3 is 1.89 bits per heavy atom. The summed E-state index contributed by atoms with van der Waals surface area (Å²) in [5, 5.41) is 42.3. The molecule has 0 aromatic carbocycles.